The van der Waals surface area contributed by atoms with Gasteiger partial charge in [0.1, 0.15) is 17.5 Å². The number of rotatable bonds is 3. The van der Waals surface area contributed by atoms with Crippen LogP contribution < -0.4 is 15.4 Å². The standard InChI is InChI=1S/C18H22N2O/c1-3-15-12-20(11-14-9-7-13(2)8-10-14)18-16(19)5-4-6-17(18)21-15/h4-10,15H,3,11-12,19H2,1-2H3. The van der Waals surface area contributed by atoms with Gasteiger partial charge in [0.25, 0.3) is 0 Å². The number of fused-ring (bicyclic) bond motifs is 1. The van der Waals surface area contributed by atoms with Gasteiger partial charge in [0.15, 0.2) is 0 Å². The monoisotopic (exact) mass is 282 g/mol. The number of hydrogen-bond acceptors (Lipinski definition) is 3. The summed E-state index contributed by atoms with van der Waals surface area (Å²) in [5.41, 5.74) is 10.6. The summed E-state index contributed by atoms with van der Waals surface area (Å²) in [4.78, 5) is 2.34. The lowest BCUT2D eigenvalue weighted by Gasteiger charge is -2.37. The van der Waals surface area contributed by atoms with Crippen molar-refractivity contribution < 1.29 is 4.74 Å². The molecule has 0 bridgehead atoms. The van der Waals surface area contributed by atoms with Gasteiger partial charge >= 0.3 is 0 Å². The minimum absolute atomic E-state index is 0.227. The van der Waals surface area contributed by atoms with Crippen LogP contribution in [0.25, 0.3) is 0 Å². The molecule has 1 aliphatic rings. The van der Waals surface area contributed by atoms with Crippen LogP contribution in [0.1, 0.15) is 24.5 Å². The molecule has 0 radical (unpaired) electrons. The van der Waals surface area contributed by atoms with Gasteiger partial charge in [0, 0.05) is 6.54 Å². The van der Waals surface area contributed by atoms with Crippen molar-refractivity contribution in [1.29, 1.82) is 0 Å². The number of benzene rings is 2. The highest BCUT2D eigenvalue weighted by Crippen LogP contribution is 2.39. The number of hydrogen-bond donors (Lipinski definition) is 1. The van der Waals surface area contributed by atoms with Crippen molar-refractivity contribution in [1.82, 2.24) is 0 Å². The van der Waals surface area contributed by atoms with Crippen LogP contribution in [0.3, 0.4) is 0 Å². The van der Waals surface area contributed by atoms with Crippen molar-refractivity contribution >= 4 is 11.4 Å². The Morgan fingerprint density at radius 1 is 1.19 bits per heavy atom. The van der Waals surface area contributed by atoms with E-state index in [0.717, 1.165) is 36.6 Å². The fourth-order valence-corrected chi connectivity index (χ4v) is 2.80. The van der Waals surface area contributed by atoms with Gasteiger partial charge in [-0.2, -0.15) is 0 Å². The average molecular weight is 282 g/mol. The lowest BCUT2D eigenvalue weighted by molar-refractivity contribution is 0.189. The molecule has 1 aliphatic heterocycles. The summed E-state index contributed by atoms with van der Waals surface area (Å²) in [5, 5.41) is 0. The Morgan fingerprint density at radius 2 is 1.95 bits per heavy atom. The second kappa shape index (κ2) is 5.68. The minimum atomic E-state index is 0.227. The van der Waals surface area contributed by atoms with E-state index >= 15 is 0 Å². The van der Waals surface area contributed by atoms with Crippen molar-refractivity contribution in [2.24, 2.45) is 0 Å². The molecule has 0 amide bonds. The van der Waals surface area contributed by atoms with Crippen molar-refractivity contribution in [2.75, 3.05) is 17.2 Å². The van der Waals surface area contributed by atoms with E-state index in [-0.39, 0.29) is 6.10 Å². The second-order valence-electron chi connectivity index (χ2n) is 5.71. The van der Waals surface area contributed by atoms with Gasteiger partial charge in [0.2, 0.25) is 0 Å². The molecule has 3 heteroatoms. The van der Waals surface area contributed by atoms with E-state index < -0.39 is 0 Å². The molecular weight excluding hydrogens is 260 g/mol. The van der Waals surface area contributed by atoms with E-state index in [2.05, 4.69) is 43.0 Å². The largest absolute Gasteiger partial charge is 0.486 e. The Hall–Kier alpha value is -2.16. The van der Waals surface area contributed by atoms with Crippen molar-refractivity contribution in [2.45, 2.75) is 32.9 Å². The third-order valence-corrected chi connectivity index (χ3v) is 4.01. The van der Waals surface area contributed by atoms with Gasteiger partial charge in [-0.25, -0.2) is 0 Å². The molecule has 2 aromatic rings. The molecule has 0 spiro atoms. The zero-order valence-corrected chi connectivity index (χ0v) is 12.7. The lowest BCUT2D eigenvalue weighted by atomic mass is 10.1. The average Bonchev–Trinajstić information content (AvgIpc) is 2.49. The SMILES string of the molecule is CCC1CN(Cc2ccc(C)cc2)c2c(N)cccc2O1. The maximum atomic E-state index is 6.17. The molecule has 2 aromatic carbocycles. The summed E-state index contributed by atoms with van der Waals surface area (Å²) < 4.78 is 6.03. The molecule has 0 aromatic heterocycles. The summed E-state index contributed by atoms with van der Waals surface area (Å²) >= 11 is 0. The predicted octanol–water partition coefficient (Wildman–Crippen LogP) is 3.75. The Balaban J connectivity index is 1.92. The zero-order chi connectivity index (χ0) is 14.8. The highest BCUT2D eigenvalue weighted by molar-refractivity contribution is 5.75. The van der Waals surface area contributed by atoms with Crippen LogP contribution in [0.4, 0.5) is 11.4 Å². The third-order valence-electron chi connectivity index (χ3n) is 4.01. The Labute approximate surface area is 126 Å². The first kappa shape index (κ1) is 13.8. The molecule has 21 heavy (non-hydrogen) atoms. The quantitative estimate of drug-likeness (QED) is 0.871. The summed E-state index contributed by atoms with van der Waals surface area (Å²) in [7, 11) is 0. The molecule has 1 heterocycles. The third kappa shape index (κ3) is 2.82. The van der Waals surface area contributed by atoms with Crippen LogP contribution >= 0.6 is 0 Å². The maximum Gasteiger partial charge on any atom is 0.145 e. The highest BCUT2D eigenvalue weighted by Gasteiger charge is 2.26. The minimum Gasteiger partial charge on any atom is -0.486 e. The van der Waals surface area contributed by atoms with E-state index in [1.165, 1.54) is 11.1 Å². The number of nitrogens with two attached hydrogens (primary N) is 1. The summed E-state index contributed by atoms with van der Waals surface area (Å²) in [6.45, 7) is 6.01. The number of aryl methyl sites for hydroxylation is 1. The first-order valence-corrected chi connectivity index (χ1v) is 7.53. The normalized spacial score (nSPS) is 17.2. The van der Waals surface area contributed by atoms with Gasteiger partial charge < -0.3 is 15.4 Å². The topological polar surface area (TPSA) is 38.5 Å². The molecule has 1 atom stereocenters. The maximum absolute atomic E-state index is 6.17. The summed E-state index contributed by atoms with van der Waals surface area (Å²) in [6.07, 6.45) is 1.23. The van der Waals surface area contributed by atoms with Gasteiger partial charge in [0.05, 0.1) is 12.2 Å². The molecule has 0 aliphatic carbocycles. The van der Waals surface area contributed by atoms with E-state index in [1.807, 2.05) is 18.2 Å². The Bertz CT molecular complexity index is 622. The Kier molecular flexibility index (Phi) is 3.74. The van der Waals surface area contributed by atoms with Gasteiger partial charge in [-0.3, -0.25) is 0 Å². The number of nitrogen functional groups attached to an aromatic ring is 1. The van der Waals surface area contributed by atoms with Crippen LogP contribution in [0.15, 0.2) is 42.5 Å². The fraction of sp³-hybridized carbons (Fsp3) is 0.333. The Morgan fingerprint density at radius 3 is 2.67 bits per heavy atom. The summed E-state index contributed by atoms with van der Waals surface area (Å²) in [5.74, 6) is 0.903. The number of anilines is 2. The van der Waals surface area contributed by atoms with Crippen LogP contribution in [-0.2, 0) is 6.54 Å². The highest BCUT2D eigenvalue weighted by atomic mass is 16.5. The van der Waals surface area contributed by atoms with Crippen molar-refractivity contribution in [3.05, 3.63) is 53.6 Å². The van der Waals surface area contributed by atoms with Crippen LogP contribution in [-0.4, -0.2) is 12.6 Å². The number of ether oxygens (including phenoxy) is 1. The van der Waals surface area contributed by atoms with Crippen LogP contribution in [0.2, 0.25) is 0 Å². The second-order valence-corrected chi connectivity index (χ2v) is 5.71. The van der Waals surface area contributed by atoms with Crippen LogP contribution in [0, 0.1) is 6.92 Å². The molecule has 110 valence electrons. The van der Waals surface area contributed by atoms with Gasteiger partial charge in [-0.1, -0.05) is 42.8 Å². The van der Waals surface area contributed by atoms with Crippen LogP contribution in [0.5, 0.6) is 5.75 Å². The zero-order valence-electron chi connectivity index (χ0n) is 12.7. The molecule has 0 saturated heterocycles. The van der Waals surface area contributed by atoms with E-state index in [9.17, 15) is 0 Å². The van der Waals surface area contributed by atoms with E-state index in [0.29, 0.717) is 0 Å². The van der Waals surface area contributed by atoms with Crippen molar-refractivity contribution in [3.63, 3.8) is 0 Å². The van der Waals surface area contributed by atoms with E-state index in [1.54, 1.807) is 0 Å². The predicted molar refractivity (Wildman–Crippen MR) is 87.8 cm³/mol. The molecule has 3 nitrogen and oxygen atoms in total. The van der Waals surface area contributed by atoms with Gasteiger partial charge in [-0.05, 0) is 31.0 Å². The van der Waals surface area contributed by atoms with Crippen molar-refractivity contribution in [3.8, 4) is 5.75 Å². The molecular formula is C18H22N2O. The molecule has 0 saturated carbocycles. The molecule has 1 unspecified atom stereocenters. The van der Waals surface area contributed by atoms with Gasteiger partial charge in [-0.15, -0.1) is 0 Å². The number of nitrogens with zero attached hydrogens (tertiary/aromatic N) is 1. The number of para-hydroxylation sites is 1. The molecule has 0 fully saturated rings. The fourth-order valence-electron chi connectivity index (χ4n) is 2.80. The molecule has 3 rings (SSSR count). The first-order valence-electron chi connectivity index (χ1n) is 7.53. The smallest absolute Gasteiger partial charge is 0.145 e. The molecule has 2 N–H and O–H groups in total. The van der Waals surface area contributed by atoms with E-state index in [4.69, 9.17) is 10.5 Å². The lowest BCUT2D eigenvalue weighted by Crippen LogP contribution is -2.39. The first-order chi connectivity index (χ1) is 10.2. The summed E-state index contributed by atoms with van der Waals surface area (Å²) in [6, 6.07) is 14.6.